The van der Waals surface area contributed by atoms with Crippen molar-refractivity contribution in [2.45, 2.75) is 413 Å². The number of aliphatic hydroxyl groups excluding tert-OH is 1. The fourth-order valence-corrected chi connectivity index (χ4v) is 13.2. The number of esters is 4. The zero-order chi connectivity index (χ0) is 70.0. The van der Waals surface area contributed by atoms with Crippen molar-refractivity contribution in [2.75, 3.05) is 39.6 Å². The molecule has 0 aromatic rings. The first kappa shape index (κ1) is 93.1. The second-order valence-electron chi connectivity index (χ2n) is 28.1. The molecule has 0 spiro atoms. The van der Waals surface area contributed by atoms with Gasteiger partial charge in [0.05, 0.1) is 26.4 Å². The highest BCUT2D eigenvalue weighted by molar-refractivity contribution is 7.47. The molecule has 0 aromatic carbocycles. The van der Waals surface area contributed by atoms with Crippen LogP contribution in [0.25, 0.3) is 0 Å². The van der Waals surface area contributed by atoms with Gasteiger partial charge in [0.1, 0.15) is 19.3 Å². The third-order valence-electron chi connectivity index (χ3n) is 18.1. The van der Waals surface area contributed by atoms with Gasteiger partial charge >= 0.3 is 39.5 Å². The van der Waals surface area contributed by atoms with E-state index in [0.717, 1.165) is 108 Å². The van der Waals surface area contributed by atoms with Gasteiger partial charge in [-0.1, -0.05) is 343 Å². The molecule has 19 heteroatoms. The molecular weight excluding hydrogens is 1250 g/mol. The average Bonchev–Trinajstić information content (AvgIpc) is 2.85. The number of hydrogen-bond acceptors (Lipinski definition) is 15. The van der Waals surface area contributed by atoms with Crippen LogP contribution < -0.4 is 0 Å². The van der Waals surface area contributed by atoms with Gasteiger partial charge in [0, 0.05) is 25.7 Å². The van der Waals surface area contributed by atoms with Crippen LogP contribution in [-0.2, 0) is 65.4 Å². The molecule has 0 aromatic heterocycles. The smallest absolute Gasteiger partial charge is 0.462 e. The minimum Gasteiger partial charge on any atom is -0.462 e. The Kier molecular flexibility index (Phi) is 66.5. The van der Waals surface area contributed by atoms with Gasteiger partial charge in [-0.3, -0.25) is 37.3 Å². The monoisotopic (exact) mass is 1400 g/mol. The maximum atomic E-state index is 13.1. The van der Waals surface area contributed by atoms with Crippen LogP contribution in [0.15, 0.2) is 0 Å². The van der Waals surface area contributed by atoms with Crippen LogP contribution >= 0.6 is 15.6 Å². The minimum atomic E-state index is -4.96. The Morgan fingerprint density at radius 1 is 0.305 bits per heavy atom. The molecule has 0 aliphatic heterocycles. The summed E-state index contributed by atoms with van der Waals surface area (Å²) in [6.45, 7) is 9.62. The van der Waals surface area contributed by atoms with E-state index in [1.165, 1.54) is 205 Å². The SMILES string of the molecule is CCCCCCCCCCCCCCCCCCCC(=O)O[C@H](COC(=O)CCCCCCCCCCCCCCCC(C)C)COP(=O)(O)OC[C@@H](O)COP(=O)(O)OC[C@@H](COC(=O)CCCCCCCCCC)OC(=O)CCCCCCCCCCCCC(C)CC. The summed E-state index contributed by atoms with van der Waals surface area (Å²) in [5.41, 5.74) is 0. The highest BCUT2D eigenvalue weighted by Gasteiger charge is 2.30. The predicted octanol–water partition coefficient (Wildman–Crippen LogP) is 22.3. The number of carbonyl (C=O) groups excluding carboxylic acids is 4. The molecule has 0 radical (unpaired) electrons. The quantitative estimate of drug-likeness (QED) is 0.0222. The molecule has 0 rings (SSSR count). The fraction of sp³-hybridized carbons (Fsp3) is 0.947. The van der Waals surface area contributed by atoms with Crippen LogP contribution in [0.1, 0.15) is 395 Å². The topological polar surface area (TPSA) is 237 Å². The van der Waals surface area contributed by atoms with E-state index in [-0.39, 0.29) is 25.7 Å². The van der Waals surface area contributed by atoms with Crippen LogP contribution in [0, 0.1) is 11.8 Å². The maximum Gasteiger partial charge on any atom is 0.472 e. The van der Waals surface area contributed by atoms with E-state index in [4.69, 9.17) is 37.0 Å². The molecule has 3 N–H and O–H groups in total. The number of phosphoric acid groups is 2. The third kappa shape index (κ3) is 69.0. The van der Waals surface area contributed by atoms with Crippen molar-refractivity contribution in [3.05, 3.63) is 0 Å². The molecular formula is C76H148O17P2. The Morgan fingerprint density at radius 2 is 0.537 bits per heavy atom. The van der Waals surface area contributed by atoms with Gasteiger partial charge in [-0.15, -0.1) is 0 Å². The van der Waals surface area contributed by atoms with Crippen LogP contribution in [0.5, 0.6) is 0 Å². The number of rotatable bonds is 75. The summed E-state index contributed by atoms with van der Waals surface area (Å²) in [4.78, 5) is 72.8. The van der Waals surface area contributed by atoms with Crippen molar-refractivity contribution in [2.24, 2.45) is 11.8 Å². The second kappa shape index (κ2) is 67.9. The molecule has 0 aliphatic carbocycles. The van der Waals surface area contributed by atoms with Gasteiger partial charge in [-0.05, 0) is 37.5 Å². The Morgan fingerprint density at radius 3 is 0.800 bits per heavy atom. The van der Waals surface area contributed by atoms with Crippen LogP contribution in [0.2, 0.25) is 0 Å². The molecule has 0 saturated carbocycles. The number of hydrogen-bond donors (Lipinski definition) is 3. The summed E-state index contributed by atoms with van der Waals surface area (Å²) < 4.78 is 68.5. The molecule has 0 fully saturated rings. The van der Waals surface area contributed by atoms with E-state index in [9.17, 15) is 43.2 Å². The first-order chi connectivity index (χ1) is 45.9. The van der Waals surface area contributed by atoms with Gasteiger partial charge < -0.3 is 33.8 Å². The largest absolute Gasteiger partial charge is 0.472 e. The van der Waals surface area contributed by atoms with Crippen molar-refractivity contribution in [1.82, 2.24) is 0 Å². The van der Waals surface area contributed by atoms with Crippen LogP contribution in [-0.4, -0.2) is 96.7 Å². The summed E-state index contributed by atoms with van der Waals surface area (Å²) >= 11 is 0. The Labute approximate surface area is 581 Å². The van der Waals surface area contributed by atoms with E-state index >= 15 is 0 Å². The van der Waals surface area contributed by atoms with Gasteiger partial charge in [0.15, 0.2) is 12.2 Å². The van der Waals surface area contributed by atoms with E-state index in [2.05, 4.69) is 41.5 Å². The fourth-order valence-electron chi connectivity index (χ4n) is 11.6. The zero-order valence-corrected chi connectivity index (χ0v) is 63.8. The lowest BCUT2D eigenvalue weighted by Crippen LogP contribution is -2.30. The van der Waals surface area contributed by atoms with Crippen molar-refractivity contribution in [1.29, 1.82) is 0 Å². The standard InChI is InChI=1S/C76H148O17P2/c1-7-10-12-14-16-18-19-20-21-22-23-26-30-36-42-48-54-60-75(80)93-72(65-87-74(79)59-53-47-41-35-29-27-24-25-28-33-38-44-50-56-68(4)5)67-91-95(84,85)89-63-70(77)62-88-94(82,83)90-66-71(64-86-73(78)58-52-46-40-17-15-13-11-8-2)92-76(81)61-55-49-43-37-32-31-34-39-45-51-57-69(6)9-3/h68-72,77H,7-67H2,1-6H3,(H,82,83)(H,84,85)/t69?,70-,71+,72+/m0/s1. The number of carbonyl (C=O) groups is 4. The molecule has 564 valence electrons. The lowest BCUT2D eigenvalue weighted by Gasteiger charge is -2.21. The van der Waals surface area contributed by atoms with E-state index in [1.54, 1.807) is 0 Å². The van der Waals surface area contributed by atoms with Crippen LogP contribution in [0.3, 0.4) is 0 Å². The van der Waals surface area contributed by atoms with E-state index < -0.39 is 97.5 Å². The molecule has 0 aliphatic rings. The Bertz CT molecular complexity index is 1840. The van der Waals surface area contributed by atoms with Crippen molar-refractivity contribution in [3.63, 3.8) is 0 Å². The Hall–Kier alpha value is -1.94. The first-order valence-corrected chi connectivity index (χ1v) is 42.5. The maximum absolute atomic E-state index is 13.1. The first-order valence-electron chi connectivity index (χ1n) is 39.5. The lowest BCUT2D eigenvalue weighted by atomic mass is 9.99. The number of unbranched alkanes of at least 4 members (excludes halogenated alkanes) is 44. The van der Waals surface area contributed by atoms with Crippen molar-refractivity contribution < 1.29 is 80.2 Å². The molecule has 0 bridgehead atoms. The van der Waals surface area contributed by atoms with Gasteiger partial charge in [0.2, 0.25) is 0 Å². The third-order valence-corrected chi connectivity index (χ3v) is 20.0. The highest BCUT2D eigenvalue weighted by Crippen LogP contribution is 2.45. The van der Waals surface area contributed by atoms with Crippen LogP contribution in [0.4, 0.5) is 0 Å². The molecule has 17 nitrogen and oxygen atoms in total. The van der Waals surface area contributed by atoms with Crippen molar-refractivity contribution in [3.8, 4) is 0 Å². The highest BCUT2D eigenvalue weighted by atomic mass is 31.2. The van der Waals surface area contributed by atoms with Gasteiger partial charge in [0.25, 0.3) is 0 Å². The van der Waals surface area contributed by atoms with Gasteiger partial charge in [-0.2, -0.15) is 0 Å². The summed E-state index contributed by atoms with van der Waals surface area (Å²) in [5, 5.41) is 10.6. The molecule has 0 amide bonds. The summed E-state index contributed by atoms with van der Waals surface area (Å²) in [7, 11) is -9.91. The number of ether oxygens (including phenoxy) is 4. The molecule has 0 saturated heterocycles. The van der Waals surface area contributed by atoms with E-state index in [1.807, 2.05) is 0 Å². The van der Waals surface area contributed by atoms with Gasteiger partial charge in [-0.25, -0.2) is 9.13 Å². The summed E-state index contributed by atoms with van der Waals surface area (Å²) in [6.07, 6.45) is 55.4. The minimum absolute atomic E-state index is 0.106. The molecule has 6 atom stereocenters. The summed E-state index contributed by atoms with van der Waals surface area (Å²) in [6, 6.07) is 0. The zero-order valence-electron chi connectivity index (χ0n) is 62.0. The molecule has 3 unspecified atom stereocenters. The number of aliphatic hydroxyl groups is 1. The number of phosphoric ester groups is 2. The molecule has 95 heavy (non-hydrogen) atoms. The normalized spacial score (nSPS) is 14.3. The Balaban J connectivity index is 5.22. The average molecular weight is 1400 g/mol. The lowest BCUT2D eigenvalue weighted by molar-refractivity contribution is -0.161. The second-order valence-corrected chi connectivity index (χ2v) is 31.0. The predicted molar refractivity (Wildman–Crippen MR) is 386 cm³/mol. The van der Waals surface area contributed by atoms with E-state index in [0.29, 0.717) is 25.7 Å². The molecule has 0 heterocycles. The summed E-state index contributed by atoms with van der Waals surface area (Å²) in [5.74, 6) is -0.522. The van der Waals surface area contributed by atoms with Crippen molar-refractivity contribution >= 4 is 39.5 Å².